The normalized spacial score (nSPS) is 16.3. The van der Waals surface area contributed by atoms with Crippen LogP contribution in [0.4, 0.5) is 5.95 Å². The lowest BCUT2D eigenvalue weighted by Gasteiger charge is -2.27. The average Bonchev–Trinajstić information content (AvgIpc) is 3.05. The fraction of sp³-hybridized carbons (Fsp3) is 0.176. The molecular weight excluding hydrogens is 442 g/mol. The van der Waals surface area contributed by atoms with Crippen molar-refractivity contribution in [2.75, 3.05) is 18.8 Å². The number of nitrogen functional groups attached to an aromatic ring is 1. The van der Waals surface area contributed by atoms with Gasteiger partial charge in [-0.15, -0.1) is 5.10 Å². The Morgan fingerprint density at radius 3 is 2.58 bits per heavy atom. The quantitative estimate of drug-likeness (QED) is 0.0989. The number of benzene rings is 2. The van der Waals surface area contributed by atoms with Crippen LogP contribution < -0.4 is 33.3 Å². The van der Waals surface area contributed by atoms with Gasteiger partial charge in [0.25, 0.3) is 0 Å². The Morgan fingerprint density at radius 1 is 1.23 bits per heavy atom. The number of rotatable bonds is 6. The van der Waals surface area contributed by atoms with E-state index in [1.54, 1.807) is 24.3 Å². The highest BCUT2D eigenvalue weighted by atomic mass is 32.2. The Morgan fingerprint density at radius 2 is 1.97 bits per heavy atom. The summed E-state index contributed by atoms with van der Waals surface area (Å²) < 4.78 is 38.5. The number of hydrogen-bond donors (Lipinski definition) is 7. The maximum Gasteiger partial charge on any atom is 0.240 e. The minimum Gasteiger partial charge on any atom is -0.382 e. The molecule has 0 spiro atoms. The topological polar surface area (TPSA) is 220 Å². The smallest absolute Gasteiger partial charge is 0.240 e. The highest BCUT2D eigenvalue weighted by Crippen LogP contribution is 2.36. The van der Waals surface area contributed by atoms with Gasteiger partial charge in [0.15, 0.2) is 11.8 Å². The summed E-state index contributed by atoms with van der Waals surface area (Å²) in [5.74, 6) is 5.23. The van der Waals surface area contributed by atoms with Gasteiger partial charge < -0.3 is 21.8 Å². The summed E-state index contributed by atoms with van der Waals surface area (Å²) in [6.07, 6.45) is 0. The van der Waals surface area contributed by atoms with Crippen LogP contribution in [0.25, 0.3) is 22.2 Å². The van der Waals surface area contributed by atoms with Crippen LogP contribution in [-0.4, -0.2) is 46.8 Å². The minimum absolute atomic E-state index is 0.0207. The second-order valence-corrected chi connectivity index (χ2v) is 10.1. The van der Waals surface area contributed by atoms with Crippen LogP contribution in [-0.2, 0) is 20.8 Å². The van der Waals surface area contributed by atoms with E-state index in [0.717, 1.165) is 0 Å². The molecule has 11 N–H and O–H groups in total. The number of aromatic nitrogens is 2. The molecule has 31 heavy (non-hydrogen) atoms. The molecule has 2 aromatic carbocycles. The molecule has 1 aromatic heterocycles. The Labute approximate surface area is 179 Å². The Kier molecular flexibility index (Phi) is 5.40. The number of hydrazone groups is 1. The summed E-state index contributed by atoms with van der Waals surface area (Å²) in [7, 11) is -6.01. The molecule has 2 heterocycles. The monoisotopic (exact) mass is 463 g/mol. The van der Waals surface area contributed by atoms with Crippen LogP contribution in [0.5, 0.6) is 0 Å². The first kappa shape index (κ1) is 21.2. The number of amidine groups is 1. The minimum atomic E-state index is -4.36. The predicted octanol–water partition coefficient (Wildman–Crippen LogP) is -1.38. The van der Waals surface area contributed by atoms with Crippen LogP contribution in [0.3, 0.4) is 0 Å². The molecule has 3 aromatic rings. The summed E-state index contributed by atoms with van der Waals surface area (Å²) in [6.45, 7) is 0.987. The fourth-order valence-electron chi connectivity index (χ4n) is 3.47. The first-order valence-electron chi connectivity index (χ1n) is 9.07. The molecule has 0 aliphatic carbocycles. The number of nitrogens with two attached hydrogens (primary N) is 4. The van der Waals surface area contributed by atoms with E-state index >= 15 is 0 Å². The van der Waals surface area contributed by atoms with Crippen LogP contribution in [0.2, 0.25) is 0 Å². The summed E-state index contributed by atoms with van der Waals surface area (Å²) in [4.78, 5) is 6.89. The lowest BCUT2D eigenvalue weighted by atomic mass is 9.97. The van der Waals surface area contributed by atoms with Gasteiger partial charge in [-0.3, -0.25) is 4.21 Å². The summed E-state index contributed by atoms with van der Waals surface area (Å²) in [5, 5.41) is 12.1. The number of para-hydroxylation sites is 1. The highest BCUT2D eigenvalue weighted by molar-refractivity contribution is 7.91. The van der Waals surface area contributed by atoms with Gasteiger partial charge in [0.2, 0.25) is 10.0 Å². The molecule has 4 rings (SSSR count). The first-order chi connectivity index (χ1) is 14.7. The van der Waals surface area contributed by atoms with Crippen molar-refractivity contribution in [3.05, 3.63) is 35.9 Å². The van der Waals surface area contributed by atoms with Crippen molar-refractivity contribution in [2.45, 2.75) is 15.0 Å². The molecular formula is C17H21N9O3S2. The molecule has 1 atom stereocenters. The third kappa shape index (κ3) is 3.75. The van der Waals surface area contributed by atoms with Crippen LogP contribution in [0.1, 0.15) is 5.56 Å². The van der Waals surface area contributed by atoms with E-state index in [9.17, 15) is 12.6 Å². The molecule has 0 amide bonds. The van der Waals surface area contributed by atoms with E-state index in [0.29, 0.717) is 35.2 Å². The molecule has 1 aliphatic heterocycles. The number of imidazole rings is 1. The van der Waals surface area contributed by atoms with E-state index in [1.807, 2.05) is 0 Å². The third-order valence-corrected chi connectivity index (χ3v) is 7.77. The zero-order valence-corrected chi connectivity index (χ0v) is 17.8. The van der Waals surface area contributed by atoms with Gasteiger partial charge in [-0.25, -0.2) is 29.9 Å². The van der Waals surface area contributed by atoms with Gasteiger partial charge in [0.1, 0.15) is 4.90 Å². The van der Waals surface area contributed by atoms with E-state index in [-0.39, 0.29) is 32.4 Å². The van der Waals surface area contributed by atoms with Crippen molar-refractivity contribution < 1.29 is 12.6 Å². The van der Waals surface area contributed by atoms with Gasteiger partial charge in [-0.1, -0.05) is 18.2 Å². The number of nitrogens with one attached hydrogen (secondary N) is 3. The summed E-state index contributed by atoms with van der Waals surface area (Å²) in [5.41, 5.74) is 16.0. The maximum absolute atomic E-state index is 13.1. The van der Waals surface area contributed by atoms with Crippen molar-refractivity contribution in [3.8, 4) is 11.1 Å². The number of hydrogen-bond acceptors (Lipinski definition) is 9. The molecule has 1 saturated heterocycles. The molecule has 1 fully saturated rings. The number of hydrazine groups is 1. The summed E-state index contributed by atoms with van der Waals surface area (Å²) >= 11 is 0. The van der Waals surface area contributed by atoms with E-state index < -0.39 is 20.8 Å². The number of sulfonamides is 1. The molecule has 164 valence electrons. The van der Waals surface area contributed by atoms with Gasteiger partial charge in [0, 0.05) is 24.2 Å². The van der Waals surface area contributed by atoms with Crippen molar-refractivity contribution in [3.63, 3.8) is 0 Å². The van der Waals surface area contributed by atoms with Crippen LogP contribution >= 0.6 is 0 Å². The Bertz CT molecular complexity index is 1330. The molecule has 1 unspecified atom stereocenters. The number of anilines is 1. The number of nitrogens with zero attached hydrogens (tertiary/aromatic N) is 2. The molecule has 0 bridgehead atoms. The zero-order chi connectivity index (χ0) is 22.3. The average molecular weight is 464 g/mol. The maximum atomic E-state index is 13.1. The van der Waals surface area contributed by atoms with Gasteiger partial charge in [0.05, 0.1) is 32.0 Å². The number of fused-ring (bicyclic) bond motifs is 1. The second-order valence-electron chi connectivity index (χ2n) is 6.89. The molecule has 1 aliphatic rings. The fourth-order valence-corrected chi connectivity index (χ4v) is 6.30. The van der Waals surface area contributed by atoms with Crippen LogP contribution in [0, 0.1) is 0 Å². The largest absolute Gasteiger partial charge is 0.382 e. The van der Waals surface area contributed by atoms with Gasteiger partial charge >= 0.3 is 0 Å². The van der Waals surface area contributed by atoms with Crippen molar-refractivity contribution in [1.82, 2.24) is 20.8 Å². The van der Waals surface area contributed by atoms with E-state index in [1.165, 1.54) is 6.07 Å². The van der Waals surface area contributed by atoms with E-state index in [4.69, 9.17) is 22.4 Å². The lowest BCUT2D eigenvalue weighted by molar-refractivity contribution is 0.525. The zero-order valence-electron chi connectivity index (χ0n) is 16.1. The molecule has 0 radical (unpaired) electrons. The predicted molar refractivity (Wildman–Crippen MR) is 118 cm³/mol. The van der Waals surface area contributed by atoms with Crippen molar-refractivity contribution in [1.29, 1.82) is 0 Å². The third-order valence-electron chi connectivity index (χ3n) is 4.93. The Hall–Kier alpha value is -3.04. The van der Waals surface area contributed by atoms with Crippen LogP contribution in [0.15, 0.2) is 45.2 Å². The second kappa shape index (κ2) is 7.90. The lowest BCUT2D eigenvalue weighted by Crippen LogP contribution is -2.49. The molecule has 12 nitrogen and oxygen atoms in total. The number of H-pyrrole nitrogens is 1. The number of primary sulfonamides is 1. The highest BCUT2D eigenvalue weighted by Gasteiger charge is 2.33. The molecule has 0 saturated carbocycles. The van der Waals surface area contributed by atoms with Crippen molar-refractivity contribution in [2.24, 2.45) is 21.8 Å². The Balaban J connectivity index is 2.09. The van der Waals surface area contributed by atoms with Gasteiger partial charge in [-0.2, -0.15) is 0 Å². The molecule has 14 heteroatoms. The summed E-state index contributed by atoms with van der Waals surface area (Å²) in [6, 6.07) is 8.33. The van der Waals surface area contributed by atoms with Gasteiger partial charge in [-0.05, 0) is 17.7 Å². The number of aromatic amines is 1. The van der Waals surface area contributed by atoms with Crippen molar-refractivity contribution >= 4 is 43.6 Å². The first-order valence-corrected chi connectivity index (χ1v) is 11.8. The van der Waals surface area contributed by atoms with E-state index in [2.05, 4.69) is 25.9 Å². The standard InChI is InChI=1S/C17H21N9O3S2/c18-16(25-26-20)13-9(10-2-1-3-11-14(10)24-17(19)23-11)4-5-12(15(13)31(21,28)29)30(27)8-6-22-7-8/h1-5,8,22,26H,6-7,20H2,(H2,18,25)(H3,19,23,24)(H2,21,28,29). The SMILES string of the molecule is NN/N=C(\N)c1c(-c2cccc3[nH]c(N)nc23)ccc(S(=O)C2CNC2)c1S(N)(=O)=O.